The lowest BCUT2D eigenvalue weighted by atomic mass is 10.2. The van der Waals surface area contributed by atoms with Crippen molar-refractivity contribution >= 4 is 46.2 Å². The zero-order valence-electron chi connectivity index (χ0n) is 14.4. The topological polar surface area (TPSA) is 78.1 Å². The minimum Gasteiger partial charge on any atom is -0.354 e. The van der Waals surface area contributed by atoms with Gasteiger partial charge in [0, 0.05) is 24.9 Å². The van der Waals surface area contributed by atoms with Crippen molar-refractivity contribution in [3.05, 3.63) is 58.8 Å². The zero-order chi connectivity index (χ0) is 19.4. The van der Waals surface area contributed by atoms with E-state index in [0.29, 0.717) is 27.8 Å². The van der Waals surface area contributed by atoms with Crippen LogP contribution in [-0.4, -0.2) is 43.6 Å². The maximum atomic E-state index is 13.3. The fourth-order valence-electron chi connectivity index (χ4n) is 2.57. The molecule has 1 aromatic heterocycles. The number of hydrogen-bond donors (Lipinski definition) is 2. The highest BCUT2D eigenvalue weighted by Gasteiger charge is 2.38. The first-order chi connectivity index (χ1) is 13.0. The van der Waals surface area contributed by atoms with Gasteiger partial charge in [-0.3, -0.25) is 14.5 Å². The maximum absolute atomic E-state index is 13.3. The summed E-state index contributed by atoms with van der Waals surface area (Å²) in [7, 11) is 0. The molecule has 2 N–H and O–H groups in total. The Kier molecular flexibility index (Phi) is 6.02. The minimum atomic E-state index is -0.738. The van der Waals surface area contributed by atoms with Gasteiger partial charge in [0.1, 0.15) is 16.2 Å². The van der Waals surface area contributed by atoms with Crippen LogP contribution >= 0.6 is 24.0 Å². The lowest BCUT2D eigenvalue weighted by Gasteiger charge is -2.22. The molecule has 6 nitrogen and oxygen atoms in total. The van der Waals surface area contributed by atoms with Crippen molar-refractivity contribution in [3.8, 4) is 0 Å². The highest BCUT2D eigenvalue weighted by atomic mass is 32.2. The van der Waals surface area contributed by atoms with E-state index in [1.165, 1.54) is 17.0 Å². The lowest BCUT2D eigenvalue weighted by molar-refractivity contribution is -0.132. The standard InChI is InChI=1S/C18H17FN4O2S2/c1-11(16(24)21-6-5-14-9-20-10-22-14)23-17(25)15(27-18(23)26)8-12-3-2-4-13(19)7-12/h2-4,7-11H,5-6H2,1H3,(H,20,22)(H,21,24)/b15-8+. The Morgan fingerprint density at radius 3 is 3.04 bits per heavy atom. The predicted octanol–water partition coefficient (Wildman–Crippen LogP) is 2.50. The van der Waals surface area contributed by atoms with Crippen molar-refractivity contribution in [1.29, 1.82) is 0 Å². The van der Waals surface area contributed by atoms with Gasteiger partial charge in [-0.2, -0.15) is 0 Å². The number of H-pyrrole nitrogens is 1. The Bertz CT molecular complexity index is 899. The van der Waals surface area contributed by atoms with Crippen LogP contribution in [0.2, 0.25) is 0 Å². The number of carbonyl (C=O) groups excluding carboxylic acids is 2. The van der Waals surface area contributed by atoms with Crippen molar-refractivity contribution in [2.24, 2.45) is 0 Å². The van der Waals surface area contributed by atoms with E-state index in [-0.39, 0.29) is 17.6 Å². The van der Waals surface area contributed by atoms with Crippen LogP contribution < -0.4 is 5.32 Å². The Balaban J connectivity index is 1.64. The van der Waals surface area contributed by atoms with Crippen LogP contribution in [0.5, 0.6) is 0 Å². The molecule has 0 spiro atoms. The molecule has 0 radical (unpaired) electrons. The molecule has 2 aromatic rings. The number of hydrogen-bond acceptors (Lipinski definition) is 5. The third-order valence-electron chi connectivity index (χ3n) is 3.99. The summed E-state index contributed by atoms with van der Waals surface area (Å²) in [5.41, 5.74) is 1.47. The van der Waals surface area contributed by atoms with Gasteiger partial charge < -0.3 is 10.3 Å². The van der Waals surface area contributed by atoms with E-state index in [0.717, 1.165) is 17.5 Å². The molecule has 1 unspecified atom stereocenters. The Hall–Kier alpha value is -2.52. The summed E-state index contributed by atoms with van der Waals surface area (Å²) >= 11 is 6.37. The van der Waals surface area contributed by atoms with E-state index >= 15 is 0 Å². The van der Waals surface area contributed by atoms with Crippen molar-refractivity contribution in [2.45, 2.75) is 19.4 Å². The largest absolute Gasteiger partial charge is 0.354 e. The number of nitrogens with zero attached hydrogens (tertiary/aromatic N) is 2. The van der Waals surface area contributed by atoms with Crippen molar-refractivity contribution in [1.82, 2.24) is 20.2 Å². The first kappa shape index (κ1) is 19.2. The summed E-state index contributed by atoms with van der Waals surface area (Å²) in [5, 5.41) is 2.79. The van der Waals surface area contributed by atoms with Gasteiger partial charge in [-0.05, 0) is 30.7 Å². The monoisotopic (exact) mass is 404 g/mol. The van der Waals surface area contributed by atoms with E-state index in [2.05, 4.69) is 15.3 Å². The number of aromatic nitrogens is 2. The summed E-state index contributed by atoms with van der Waals surface area (Å²) < 4.78 is 13.6. The third-order valence-corrected chi connectivity index (χ3v) is 5.32. The second kappa shape index (κ2) is 8.45. The number of aromatic amines is 1. The maximum Gasteiger partial charge on any atom is 0.266 e. The summed E-state index contributed by atoms with van der Waals surface area (Å²) in [6.07, 6.45) is 5.45. The number of thiocarbonyl (C=S) groups is 1. The third kappa shape index (κ3) is 4.61. The van der Waals surface area contributed by atoms with Crippen molar-refractivity contribution in [2.75, 3.05) is 6.54 Å². The molecule has 3 rings (SSSR count). The number of halogens is 1. The SMILES string of the molecule is CC(C(=O)NCCc1cnc[nH]1)N1C(=O)/C(=C\c2cccc(F)c2)SC1=S. The Morgan fingerprint density at radius 2 is 2.33 bits per heavy atom. The molecule has 1 aliphatic rings. The molecule has 0 saturated carbocycles. The minimum absolute atomic E-state index is 0.294. The van der Waals surface area contributed by atoms with Crippen molar-refractivity contribution in [3.63, 3.8) is 0 Å². The molecule has 1 fully saturated rings. The smallest absolute Gasteiger partial charge is 0.266 e. The molecule has 1 aromatic carbocycles. The molecule has 2 amide bonds. The Labute approximate surface area is 165 Å². The first-order valence-electron chi connectivity index (χ1n) is 8.23. The Morgan fingerprint density at radius 1 is 1.52 bits per heavy atom. The summed E-state index contributed by atoms with van der Waals surface area (Å²) in [6.45, 7) is 2.04. The van der Waals surface area contributed by atoms with Crippen LogP contribution in [0.15, 0.2) is 41.7 Å². The van der Waals surface area contributed by atoms with Gasteiger partial charge >= 0.3 is 0 Å². The van der Waals surface area contributed by atoms with Crippen LogP contribution in [0.1, 0.15) is 18.2 Å². The number of rotatable bonds is 6. The molecule has 1 saturated heterocycles. The molecule has 27 heavy (non-hydrogen) atoms. The van der Waals surface area contributed by atoms with E-state index in [1.807, 2.05) is 0 Å². The molecule has 0 bridgehead atoms. The van der Waals surface area contributed by atoms with Gasteiger partial charge in [0.2, 0.25) is 5.91 Å². The van der Waals surface area contributed by atoms with Gasteiger partial charge in [0.25, 0.3) is 5.91 Å². The molecular formula is C18H17FN4O2S2. The number of amides is 2. The first-order valence-corrected chi connectivity index (χ1v) is 9.46. The quantitative estimate of drug-likeness (QED) is 0.571. The van der Waals surface area contributed by atoms with Crippen LogP contribution in [0.3, 0.4) is 0 Å². The second-order valence-corrected chi connectivity index (χ2v) is 7.58. The van der Waals surface area contributed by atoms with Gasteiger partial charge in [0.15, 0.2) is 0 Å². The fourth-order valence-corrected chi connectivity index (χ4v) is 3.99. The molecule has 1 aliphatic heterocycles. The summed E-state index contributed by atoms with van der Waals surface area (Å²) in [6, 6.07) is 5.19. The van der Waals surface area contributed by atoms with E-state index < -0.39 is 6.04 Å². The molecule has 1 atom stereocenters. The van der Waals surface area contributed by atoms with E-state index in [1.54, 1.807) is 37.7 Å². The molecule has 140 valence electrons. The average Bonchev–Trinajstić information content (AvgIpc) is 3.23. The number of nitrogens with one attached hydrogen (secondary N) is 2. The average molecular weight is 404 g/mol. The van der Waals surface area contributed by atoms with Crippen LogP contribution in [-0.2, 0) is 16.0 Å². The van der Waals surface area contributed by atoms with Gasteiger partial charge in [0.05, 0.1) is 11.2 Å². The highest BCUT2D eigenvalue weighted by molar-refractivity contribution is 8.26. The predicted molar refractivity (Wildman–Crippen MR) is 106 cm³/mol. The fraction of sp³-hybridized carbons (Fsp3) is 0.222. The van der Waals surface area contributed by atoms with E-state index in [4.69, 9.17) is 12.2 Å². The number of benzene rings is 1. The number of imidazole rings is 1. The molecule has 0 aliphatic carbocycles. The lowest BCUT2D eigenvalue weighted by Crippen LogP contribution is -2.47. The molecular weight excluding hydrogens is 387 g/mol. The van der Waals surface area contributed by atoms with Gasteiger partial charge in [-0.25, -0.2) is 9.37 Å². The molecule has 9 heteroatoms. The highest BCUT2D eigenvalue weighted by Crippen LogP contribution is 2.34. The normalized spacial score (nSPS) is 16.8. The number of carbonyl (C=O) groups is 2. The van der Waals surface area contributed by atoms with Gasteiger partial charge in [-0.1, -0.05) is 36.1 Å². The summed E-state index contributed by atoms with van der Waals surface area (Å²) in [4.78, 5) is 33.6. The van der Waals surface area contributed by atoms with Crippen LogP contribution in [0.4, 0.5) is 4.39 Å². The van der Waals surface area contributed by atoms with Gasteiger partial charge in [-0.15, -0.1) is 0 Å². The second-order valence-electron chi connectivity index (χ2n) is 5.90. The van der Waals surface area contributed by atoms with E-state index in [9.17, 15) is 14.0 Å². The van der Waals surface area contributed by atoms with Crippen LogP contribution in [0, 0.1) is 5.82 Å². The van der Waals surface area contributed by atoms with Crippen LogP contribution in [0.25, 0.3) is 6.08 Å². The summed E-state index contributed by atoms with van der Waals surface area (Å²) in [5.74, 6) is -1.03. The molecule has 2 heterocycles. The number of thioether (sulfide) groups is 1. The zero-order valence-corrected chi connectivity index (χ0v) is 16.1. The van der Waals surface area contributed by atoms with Crippen molar-refractivity contribution < 1.29 is 14.0 Å².